The fourth-order valence-corrected chi connectivity index (χ4v) is 1.15. The second-order valence-corrected chi connectivity index (χ2v) is 4.86. The van der Waals surface area contributed by atoms with E-state index in [1.54, 1.807) is 0 Å². The van der Waals surface area contributed by atoms with Gasteiger partial charge in [0.15, 0.2) is 11.6 Å². The molecule has 0 saturated heterocycles. The normalized spacial score (nSPS) is 11.9. The third-order valence-electron chi connectivity index (χ3n) is 1.54. The minimum atomic E-state index is -2.30. The van der Waals surface area contributed by atoms with E-state index in [-0.39, 0.29) is 5.69 Å². The first-order valence-corrected chi connectivity index (χ1v) is 4.53. The van der Waals surface area contributed by atoms with Crippen LogP contribution in [0, 0.1) is 18.6 Å². The predicted molar refractivity (Wildman–Crippen MR) is 50.1 cm³/mol. The van der Waals surface area contributed by atoms with Crippen LogP contribution in [0.25, 0.3) is 0 Å². The average Bonchev–Trinajstić information content (AvgIpc) is 2.30. The molecular formula is C7H4Cl3F2NO. The molecule has 0 amide bonds. The Bertz CT molecular complexity index is 383. The SMILES string of the molecule is Cc1[nH]c(C(=O)C(Cl)(Cl)Cl)c(F)c1F. The second kappa shape index (κ2) is 3.68. The Balaban J connectivity index is 3.22. The van der Waals surface area contributed by atoms with Gasteiger partial charge < -0.3 is 4.98 Å². The number of nitrogens with one attached hydrogen (secondary N) is 1. The Labute approximate surface area is 93.1 Å². The van der Waals surface area contributed by atoms with Crippen molar-refractivity contribution >= 4 is 40.6 Å². The molecule has 0 atom stereocenters. The smallest absolute Gasteiger partial charge is 0.255 e. The summed E-state index contributed by atoms with van der Waals surface area (Å²) in [6, 6.07) is 0. The number of rotatable bonds is 1. The van der Waals surface area contributed by atoms with Crippen LogP contribution in [0.1, 0.15) is 16.2 Å². The van der Waals surface area contributed by atoms with Gasteiger partial charge in [0, 0.05) is 0 Å². The van der Waals surface area contributed by atoms with Gasteiger partial charge in [0.1, 0.15) is 5.69 Å². The molecule has 0 fully saturated rings. The number of aromatic amines is 1. The summed E-state index contributed by atoms with van der Waals surface area (Å²) in [5, 5.41) is 0. The topological polar surface area (TPSA) is 32.9 Å². The van der Waals surface area contributed by atoms with Gasteiger partial charge in [-0.3, -0.25) is 4.79 Å². The number of aryl methyl sites for hydroxylation is 1. The molecule has 0 aliphatic carbocycles. The quantitative estimate of drug-likeness (QED) is 0.612. The summed E-state index contributed by atoms with van der Waals surface area (Å²) in [7, 11) is 0. The van der Waals surface area contributed by atoms with Crippen LogP contribution in [-0.4, -0.2) is 14.6 Å². The lowest BCUT2D eigenvalue weighted by molar-refractivity contribution is 0.0987. The van der Waals surface area contributed by atoms with E-state index in [0.717, 1.165) is 0 Å². The Morgan fingerprint density at radius 3 is 2.07 bits per heavy atom. The van der Waals surface area contributed by atoms with Crippen LogP contribution in [0.4, 0.5) is 8.78 Å². The molecule has 0 aliphatic rings. The van der Waals surface area contributed by atoms with E-state index in [0.29, 0.717) is 0 Å². The number of carbonyl (C=O) groups is 1. The van der Waals surface area contributed by atoms with Gasteiger partial charge in [-0.1, -0.05) is 34.8 Å². The highest BCUT2D eigenvalue weighted by molar-refractivity contribution is 6.77. The highest BCUT2D eigenvalue weighted by atomic mass is 35.6. The Hall–Kier alpha value is -0.320. The number of carbonyl (C=O) groups excluding carboxylic acids is 1. The molecule has 0 aromatic carbocycles. The van der Waals surface area contributed by atoms with E-state index in [1.165, 1.54) is 6.92 Å². The van der Waals surface area contributed by atoms with Crippen molar-refractivity contribution in [2.24, 2.45) is 0 Å². The summed E-state index contributed by atoms with van der Waals surface area (Å²) in [4.78, 5) is 13.4. The number of hydrogen-bond donors (Lipinski definition) is 1. The maximum absolute atomic E-state index is 13.0. The lowest BCUT2D eigenvalue weighted by atomic mass is 10.3. The Morgan fingerprint density at radius 2 is 1.79 bits per heavy atom. The Kier molecular flexibility index (Phi) is 3.09. The largest absolute Gasteiger partial charge is 0.351 e. The summed E-state index contributed by atoms with van der Waals surface area (Å²) < 4.78 is 23.5. The van der Waals surface area contributed by atoms with Crippen molar-refractivity contribution in [3.63, 3.8) is 0 Å². The van der Waals surface area contributed by atoms with Crippen molar-refractivity contribution < 1.29 is 13.6 Å². The minimum Gasteiger partial charge on any atom is -0.351 e. The Morgan fingerprint density at radius 1 is 1.29 bits per heavy atom. The van der Waals surface area contributed by atoms with Crippen LogP contribution in [0.2, 0.25) is 0 Å². The second-order valence-electron chi connectivity index (χ2n) is 2.58. The first-order valence-electron chi connectivity index (χ1n) is 3.40. The maximum atomic E-state index is 13.0. The van der Waals surface area contributed by atoms with Crippen LogP contribution in [0.3, 0.4) is 0 Å². The first-order chi connectivity index (χ1) is 6.25. The monoisotopic (exact) mass is 261 g/mol. The van der Waals surface area contributed by atoms with Gasteiger partial charge in [0.05, 0.1) is 5.69 Å². The summed E-state index contributed by atoms with van der Waals surface area (Å²) >= 11 is 15.7. The van der Waals surface area contributed by atoms with Crippen LogP contribution in [0.15, 0.2) is 0 Å². The van der Waals surface area contributed by atoms with Gasteiger partial charge in [-0.15, -0.1) is 0 Å². The number of alkyl halides is 3. The lowest BCUT2D eigenvalue weighted by Gasteiger charge is -2.06. The molecule has 1 rings (SSSR count). The first kappa shape index (κ1) is 11.8. The standard InChI is InChI=1S/C7H4Cl3F2NO/c1-2-3(11)4(12)5(13-2)6(14)7(8,9)10/h13H,1H3. The van der Waals surface area contributed by atoms with E-state index in [4.69, 9.17) is 34.8 Å². The zero-order chi connectivity index (χ0) is 11.1. The number of hydrogen-bond acceptors (Lipinski definition) is 1. The predicted octanol–water partition coefficient (Wildman–Crippen LogP) is 3.15. The van der Waals surface area contributed by atoms with Crippen molar-refractivity contribution in [3.05, 3.63) is 23.0 Å². The number of ketones is 1. The molecule has 0 bridgehead atoms. The van der Waals surface area contributed by atoms with Gasteiger partial charge in [0.2, 0.25) is 5.78 Å². The molecule has 0 radical (unpaired) electrons. The molecule has 0 spiro atoms. The summed E-state index contributed by atoms with van der Waals surface area (Å²) in [6.07, 6.45) is 0. The number of aromatic nitrogens is 1. The fraction of sp³-hybridized carbons (Fsp3) is 0.286. The van der Waals surface area contributed by atoms with Crippen molar-refractivity contribution in [3.8, 4) is 0 Å². The molecule has 1 heterocycles. The van der Waals surface area contributed by atoms with Crippen LogP contribution in [0.5, 0.6) is 0 Å². The van der Waals surface area contributed by atoms with Crippen LogP contribution < -0.4 is 0 Å². The van der Waals surface area contributed by atoms with Crippen molar-refractivity contribution in [2.45, 2.75) is 10.7 Å². The molecule has 78 valence electrons. The van der Waals surface area contributed by atoms with Gasteiger partial charge >= 0.3 is 0 Å². The van der Waals surface area contributed by atoms with Crippen molar-refractivity contribution in [2.75, 3.05) is 0 Å². The summed E-state index contributed by atoms with van der Waals surface area (Å²) in [5.74, 6) is -3.62. The highest BCUT2D eigenvalue weighted by Gasteiger charge is 2.36. The van der Waals surface area contributed by atoms with Crippen LogP contribution >= 0.6 is 34.8 Å². The van der Waals surface area contributed by atoms with E-state index < -0.39 is 26.9 Å². The number of H-pyrrole nitrogens is 1. The van der Waals surface area contributed by atoms with Crippen molar-refractivity contribution in [1.82, 2.24) is 4.98 Å². The maximum Gasteiger partial charge on any atom is 0.255 e. The molecule has 0 aliphatic heterocycles. The van der Waals surface area contributed by atoms with E-state index >= 15 is 0 Å². The zero-order valence-electron chi connectivity index (χ0n) is 6.80. The van der Waals surface area contributed by atoms with Gasteiger partial charge in [-0.2, -0.15) is 0 Å². The molecule has 0 saturated carbocycles. The van der Waals surface area contributed by atoms with Gasteiger partial charge in [-0.05, 0) is 6.92 Å². The summed E-state index contributed by atoms with van der Waals surface area (Å²) in [5.41, 5.74) is -0.792. The zero-order valence-corrected chi connectivity index (χ0v) is 9.07. The molecule has 2 nitrogen and oxygen atoms in total. The third kappa shape index (κ3) is 2.02. The fourth-order valence-electron chi connectivity index (χ4n) is 0.870. The molecular weight excluding hydrogens is 258 g/mol. The molecule has 1 aromatic heterocycles. The third-order valence-corrected chi connectivity index (χ3v) is 2.05. The molecule has 14 heavy (non-hydrogen) atoms. The van der Waals surface area contributed by atoms with E-state index in [9.17, 15) is 13.6 Å². The van der Waals surface area contributed by atoms with Gasteiger partial charge in [0.25, 0.3) is 3.79 Å². The van der Waals surface area contributed by atoms with E-state index in [2.05, 4.69) is 4.98 Å². The lowest BCUT2D eigenvalue weighted by Crippen LogP contribution is -2.20. The van der Waals surface area contributed by atoms with E-state index in [1.807, 2.05) is 0 Å². The number of halogens is 5. The summed E-state index contributed by atoms with van der Waals surface area (Å²) in [6.45, 7) is 1.26. The molecule has 7 heteroatoms. The minimum absolute atomic E-state index is 0.125. The average molecular weight is 262 g/mol. The number of Topliss-reactive ketones (excluding diaryl/α,β-unsaturated/α-hetero) is 1. The molecule has 1 aromatic rings. The van der Waals surface area contributed by atoms with Gasteiger partial charge in [-0.25, -0.2) is 8.78 Å². The molecule has 1 N–H and O–H groups in total. The highest BCUT2D eigenvalue weighted by Crippen LogP contribution is 2.31. The van der Waals surface area contributed by atoms with Crippen LogP contribution in [-0.2, 0) is 0 Å². The van der Waals surface area contributed by atoms with Crippen molar-refractivity contribution in [1.29, 1.82) is 0 Å². The molecule has 0 unspecified atom stereocenters.